The Morgan fingerprint density at radius 2 is 1.54 bits per heavy atom. The largest absolute Gasteiger partial charge is 0.416 e. The molecule has 74 valence electrons. The Labute approximate surface area is 75.4 Å². The van der Waals surface area contributed by atoms with Gasteiger partial charge in [-0.1, -0.05) is 37.3 Å². The Balaban J connectivity index is 0.000000424. The molecule has 0 aliphatic carbocycles. The Morgan fingerprint density at radius 3 is 1.77 bits per heavy atom. The molecule has 0 aromatic heterocycles. The molecule has 0 atom stereocenters. The summed E-state index contributed by atoms with van der Waals surface area (Å²) in [5.41, 5.74) is 4.25. The van der Waals surface area contributed by atoms with E-state index in [1.165, 1.54) is 12.1 Å². The van der Waals surface area contributed by atoms with Gasteiger partial charge in [0, 0.05) is 0 Å². The van der Waals surface area contributed by atoms with Crippen molar-refractivity contribution in [2.24, 2.45) is 5.73 Å². The number of rotatable bonds is 0. The molecule has 0 saturated carbocycles. The van der Waals surface area contributed by atoms with Gasteiger partial charge in [0.2, 0.25) is 0 Å². The third kappa shape index (κ3) is 5.25. The first-order chi connectivity index (χ1) is 6.02. The highest BCUT2D eigenvalue weighted by atomic mass is 19.4. The summed E-state index contributed by atoms with van der Waals surface area (Å²) in [5.74, 6) is 0. The van der Waals surface area contributed by atoms with Gasteiger partial charge >= 0.3 is 6.18 Å². The first kappa shape index (κ1) is 12.0. The zero-order valence-electron chi connectivity index (χ0n) is 7.31. The Bertz CT molecular complexity index is 218. The van der Waals surface area contributed by atoms with Crippen molar-refractivity contribution in [3.63, 3.8) is 0 Å². The molecule has 0 amide bonds. The average Bonchev–Trinajstić information content (AvgIpc) is 2.06. The van der Waals surface area contributed by atoms with Gasteiger partial charge in [0.15, 0.2) is 0 Å². The molecule has 0 saturated heterocycles. The van der Waals surface area contributed by atoms with E-state index >= 15 is 0 Å². The minimum Gasteiger partial charge on any atom is -0.331 e. The first-order valence-electron chi connectivity index (χ1n) is 3.84. The van der Waals surface area contributed by atoms with Crippen molar-refractivity contribution in [2.75, 3.05) is 6.54 Å². The molecule has 0 heterocycles. The minimum atomic E-state index is -4.21. The summed E-state index contributed by atoms with van der Waals surface area (Å²) in [6.07, 6.45) is -4.21. The smallest absolute Gasteiger partial charge is 0.331 e. The average molecular weight is 191 g/mol. The van der Waals surface area contributed by atoms with Crippen molar-refractivity contribution in [3.8, 4) is 0 Å². The Hall–Kier alpha value is -1.03. The molecule has 4 heteroatoms. The highest BCUT2D eigenvalue weighted by molar-refractivity contribution is 5.17. The second-order valence-electron chi connectivity index (χ2n) is 2.27. The predicted molar refractivity (Wildman–Crippen MR) is 46.2 cm³/mol. The van der Waals surface area contributed by atoms with Gasteiger partial charge in [-0.25, -0.2) is 0 Å². The van der Waals surface area contributed by atoms with E-state index in [0.29, 0.717) is 0 Å². The molecule has 1 rings (SSSR count). The third-order valence-corrected chi connectivity index (χ3v) is 1.10. The van der Waals surface area contributed by atoms with Crippen LogP contribution in [0.4, 0.5) is 13.2 Å². The van der Waals surface area contributed by atoms with Crippen LogP contribution < -0.4 is 5.73 Å². The number of alkyl halides is 3. The fourth-order valence-corrected chi connectivity index (χ4v) is 0.627. The highest BCUT2D eigenvalue weighted by Crippen LogP contribution is 2.28. The molecule has 2 N–H and O–H groups in total. The van der Waals surface area contributed by atoms with Gasteiger partial charge in [0.1, 0.15) is 0 Å². The van der Waals surface area contributed by atoms with Crippen molar-refractivity contribution in [1.82, 2.24) is 0 Å². The summed E-state index contributed by atoms with van der Waals surface area (Å²) in [6.45, 7) is 2.65. The molecule has 0 aliphatic rings. The van der Waals surface area contributed by atoms with E-state index in [4.69, 9.17) is 5.73 Å². The van der Waals surface area contributed by atoms with Crippen LogP contribution in [0.15, 0.2) is 30.3 Å². The molecule has 1 nitrogen and oxygen atoms in total. The van der Waals surface area contributed by atoms with Gasteiger partial charge in [-0.15, -0.1) is 0 Å². The van der Waals surface area contributed by atoms with E-state index in [2.05, 4.69) is 0 Å². The molecule has 0 bridgehead atoms. The van der Waals surface area contributed by atoms with E-state index in [1.807, 2.05) is 6.92 Å². The Morgan fingerprint density at radius 1 is 1.15 bits per heavy atom. The monoisotopic (exact) mass is 191 g/mol. The maximum atomic E-state index is 11.8. The number of nitrogens with two attached hydrogens (primary N) is 1. The highest BCUT2D eigenvalue weighted by Gasteiger charge is 2.29. The summed E-state index contributed by atoms with van der Waals surface area (Å²) in [4.78, 5) is 0. The van der Waals surface area contributed by atoms with Crippen LogP contribution in [0, 0.1) is 0 Å². The third-order valence-electron chi connectivity index (χ3n) is 1.10. The fraction of sp³-hybridized carbons (Fsp3) is 0.333. The fourth-order valence-electron chi connectivity index (χ4n) is 0.627. The summed E-state index contributed by atoms with van der Waals surface area (Å²) in [6, 6.07) is 6.36. The molecule has 1 aromatic rings. The van der Waals surface area contributed by atoms with Crippen molar-refractivity contribution in [2.45, 2.75) is 13.1 Å². The summed E-state index contributed by atoms with van der Waals surface area (Å²) in [7, 11) is 0. The van der Waals surface area contributed by atoms with Gasteiger partial charge in [0.25, 0.3) is 0 Å². The maximum absolute atomic E-state index is 11.8. The molecular weight excluding hydrogens is 179 g/mol. The van der Waals surface area contributed by atoms with Crippen LogP contribution in [0.3, 0.4) is 0 Å². The van der Waals surface area contributed by atoms with Gasteiger partial charge in [-0.2, -0.15) is 13.2 Å². The molecule has 0 radical (unpaired) electrons. The number of hydrogen-bond donors (Lipinski definition) is 1. The van der Waals surface area contributed by atoms with E-state index in [9.17, 15) is 13.2 Å². The minimum absolute atomic E-state index is 0.602. The van der Waals surface area contributed by atoms with Crippen molar-refractivity contribution in [3.05, 3.63) is 35.9 Å². The normalized spacial score (nSPS) is 10.2. The van der Waals surface area contributed by atoms with E-state index in [0.717, 1.165) is 18.7 Å². The lowest BCUT2D eigenvalue weighted by Gasteiger charge is -2.03. The van der Waals surface area contributed by atoms with Gasteiger partial charge < -0.3 is 5.73 Å². The van der Waals surface area contributed by atoms with Gasteiger partial charge in [-0.3, -0.25) is 0 Å². The van der Waals surface area contributed by atoms with Crippen LogP contribution in [-0.2, 0) is 6.18 Å². The lowest BCUT2D eigenvalue weighted by atomic mass is 10.2. The molecule has 0 aliphatic heterocycles. The molecule has 0 unspecified atom stereocenters. The van der Waals surface area contributed by atoms with E-state index in [1.54, 1.807) is 6.07 Å². The number of hydrogen-bond acceptors (Lipinski definition) is 1. The number of benzene rings is 1. The quantitative estimate of drug-likeness (QED) is 0.670. The topological polar surface area (TPSA) is 26.0 Å². The van der Waals surface area contributed by atoms with Crippen LogP contribution in [0.1, 0.15) is 12.5 Å². The summed E-state index contributed by atoms with van der Waals surface area (Å²) >= 11 is 0. The lowest BCUT2D eigenvalue weighted by molar-refractivity contribution is -0.137. The van der Waals surface area contributed by atoms with E-state index in [-0.39, 0.29) is 0 Å². The van der Waals surface area contributed by atoms with E-state index < -0.39 is 11.7 Å². The van der Waals surface area contributed by atoms with Crippen LogP contribution in [0.5, 0.6) is 0 Å². The molecule has 0 fully saturated rings. The van der Waals surface area contributed by atoms with Crippen LogP contribution in [-0.4, -0.2) is 6.54 Å². The van der Waals surface area contributed by atoms with Crippen LogP contribution >= 0.6 is 0 Å². The molecule has 13 heavy (non-hydrogen) atoms. The molecular formula is C9H12F3N. The Kier molecular flexibility index (Phi) is 5.14. The van der Waals surface area contributed by atoms with Gasteiger partial charge in [-0.05, 0) is 6.54 Å². The molecule has 1 aromatic carbocycles. The van der Waals surface area contributed by atoms with Crippen molar-refractivity contribution in [1.29, 1.82) is 0 Å². The second-order valence-corrected chi connectivity index (χ2v) is 2.27. The second kappa shape index (κ2) is 5.59. The maximum Gasteiger partial charge on any atom is 0.416 e. The van der Waals surface area contributed by atoms with Crippen molar-refractivity contribution < 1.29 is 13.2 Å². The molecule has 0 spiro atoms. The SMILES string of the molecule is CCN.FC(F)(F)c1ccccc1. The van der Waals surface area contributed by atoms with Gasteiger partial charge in [0.05, 0.1) is 5.56 Å². The zero-order chi connectivity index (χ0) is 10.3. The standard InChI is InChI=1S/C7H5F3.C2H7N/c8-7(9,10)6-4-2-1-3-5-6;1-2-3/h1-5H;2-3H2,1H3. The van der Waals surface area contributed by atoms with Crippen LogP contribution in [0.25, 0.3) is 0 Å². The van der Waals surface area contributed by atoms with Crippen molar-refractivity contribution >= 4 is 0 Å². The number of halogens is 3. The lowest BCUT2D eigenvalue weighted by Crippen LogP contribution is -2.03. The first-order valence-corrected chi connectivity index (χ1v) is 3.84. The predicted octanol–water partition coefficient (Wildman–Crippen LogP) is 2.67. The van der Waals surface area contributed by atoms with Crippen LogP contribution in [0.2, 0.25) is 0 Å². The zero-order valence-corrected chi connectivity index (χ0v) is 7.31. The summed E-state index contributed by atoms with van der Waals surface area (Å²) < 4.78 is 35.4. The summed E-state index contributed by atoms with van der Waals surface area (Å²) in [5, 5.41) is 0.